The maximum atomic E-state index is 11.9. The minimum atomic E-state index is -0.383. The average molecular weight is 271 g/mol. The Bertz CT molecular complexity index is 429. The number of nitrogens with zero attached hydrogens (tertiary/aromatic N) is 3. The molecule has 1 saturated heterocycles. The normalized spacial score (nSPS) is 19.7. The molecule has 18 heavy (non-hydrogen) atoms. The van der Waals surface area contributed by atoms with E-state index in [9.17, 15) is 4.79 Å². The molecule has 1 aromatic rings. The molecule has 0 bridgehead atoms. The molecule has 1 N–H and O–H groups in total. The fourth-order valence-electron chi connectivity index (χ4n) is 1.90. The number of aromatic nitrogens is 2. The smallest absolute Gasteiger partial charge is 0.330 e. The minimum absolute atomic E-state index is 0.258. The summed E-state index contributed by atoms with van der Waals surface area (Å²) in [5, 5.41) is 3.48. The van der Waals surface area contributed by atoms with E-state index < -0.39 is 0 Å². The molecular formula is C11H15ClN4O2. The van der Waals surface area contributed by atoms with Crippen molar-refractivity contribution in [2.45, 2.75) is 13.0 Å². The van der Waals surface area contributed by atoms with Gasteiger partial charge in [0.05, 0.1) is 19.0 Å². The van der Waals surface area contributed by atoms with Gasteiger partial charge < -0.3 is 15.0 Å². The van der Waals surface area contributed by atoms with Gasteiger partial charge in [-0.2, -0.15) is 0 Å². The zero-order chi connectivity index (χ0) is 13.0. The fourth-order valence-corrected chi connectivity index (χ4v) is 2.04. The van der Waals surface area contributed by atoms with Crippen LogP contribution < -0.4 is 10.2 Å². The molecule has 1 aliphatic rings. The van der Waals surface area contributed by atoms with Gasteiger partial charge in [-0.05, 0) is 6.92 Å². The van der Waals surface area contributed by atoms with Gasteiger partial charge >= 0.3 is 5.97 Å². The zero-order valence-corrected chi connectivity index (χ0v) is 10.9. The number of carbonyl (C=O) groups excluding carboxylic acids is 1. The summed E-state index contributed by atoms with van der Waals surface area (Å²) in [7, 11) is 0. The molecular weight excluding hydrogens is 256 g/mol. The highest BCUT2D eigenvalue weighted by Gasteiger charge is 2.30. The molecule has 7 heteroatoms. The van der Waals surface area contributed by atoms with E-state index in [1.165, 1.54) is 6.20 Å². The number of rotatable bonds is 3. The Kier molecular flexibility index (Phi) is 4.33. The Morgan fingerprint density at radius 2 is 2.50 bits per heavy atom. The van der Waals surface area contributed by atoms with Gasteiger partial charge in [0, 0.05) is 19.6 Å². The summed E-state index contributed by atoms with van der Waals surface area (Å²) in [4.78, 5) is 21.9. The van der Waals surface area contributed by atoms with Crippen LogP contribution in [0.2, 0.25) is 5.15 Å². The van der Waals surface area contributed by atoms with Gasteiger partial charge in [-0.1, -0.05) is 11.6 Å². The number of anilines is 1. The first kappa shape index (κ1) is 13.0. The lowest BCUT2D eigenvalue weighted by atomic mass is 10.2. The third kappa shape index (κ3) is 2.88. The summed E-state index contributed by atoms with van der Waals surface area (Å²) in [6.45, 7) is 4.14. The Morgan fingerprint density at radius 3 is 3.22 bits per heavy atom. The van der Waals surface area contributed by atoms with Crippen molar-refractivity contribution in [2.75, 3.05) is 31.1 Å². The maximum Gasteiger partial charge on any atom is 0.330 e. The van der Waals surface area contributed by atoms with Crippen LogP contribution in [-0.4, -0.2) is 48.2 Å². The molecule has 0 spiro atoms. The highest BCUT2D eigenvalue weighted by Crippen LogP contribution is 2.17. The second-order valence-corrected chi connectivity index (χ2v) is 4.25. The Hall–Kier alpha value is -1.40. The van der Waals surface area contributed by atoms with Crippen LogP contribution in [0, 0.1) is 0 Å². The predicted molar refractivity (Wildman–Crippen MR) is 67.7 cm³/mol. The van der Waals surface area contributed by atoms with Crippen molar-refractivity contribution in [1.82, 2.24) is 15.3 Å². The molecule has 1 atom stereocenters. The molecule has 98 valence electrons. The third-order valence-corrected chi connectivity index (χ3v) is 2.87. The Morgan fingerprint density at radius 1 is 1.67 bits per heavy atom. The molecule has 0 radical (unpaired) electrons. The molecule has 1 aliphatic heterocycles. The summed E-state index contributed by atoms with van der Waals surface area (Å²) in [5.74, 6) is 0.341. The summed E-state index contributed by atoms with van der Waals surface area (Å²) >= 11 is 5.82. The van der Waals surface area contributed by atoms with E-state index in [0.29, 0.717) is 30.7 Å². The quantitative estimate of drug-likeness (QED) is 0.806. The van der Waals surface area contributed by atoms with Gasteiger partial charge in [0.25, 0.3) is 0 Å². The maximum absolute atomic E-state index is 11.9. The van der Waals surface area contributed by atoms with Crippen molar-refractivity contribution in [2.24, 2.45) is 0 Å². The van der Waals surface area contributed by atoms with Crippen LogP contribution in [0.25, 0.3) is 0 Å². The van der Waals surface area contributed by atoms with Crippen LogP contribution >= 0.6 is 11.6 Å². The number of carbonyl (C=O) groups is 1. The lowest BCUT2D eigenvalue weighted by Crippen LogP contribution is -2.56. The molecule has 2 heterocycles. The van der Waals surface area contributed by atoms with Gasteiger partial charge in [-0.25, -0.2) is 9.78 Å². The lowest BCUT2D eigenvalue weighted by Gasteiger charge is -2.35. The number of nitrogens with one attached hydrogen (secondary N) is 1. The van der Waals surface area contributed by atoms with Crippen molar-refractivity contribution in [1.29, 1.82) is 0 Å². The van der Waals surface area contributed by atoms with E-state index in [1.807, 2.05) is 4.90 Å². The van der Waals surface area contributed by atoms with Gasteiger partial charge in [0.1, 0.15) is 17.0 Å². The molecule has 1 unspecified atom stereocenters. The summed E-state index contributed by atoms with van der Waals surface area (Å²) in [5.41, 5.74) is 0. The Balaban J connectivity index is 2.20. The first-order valence-corrected chi connectivity index (χ1v) is 6.21. The number of halogens is 1. The van der Waals surface area contributed by atoms with E-state index in [1.54, 1.807) is 13.1 Å². The van der Waals surface area contributed by atoms with Crippen molar-refractivity contribution in [3.63, 3.8) is 0 Å². The first-order valence-electron chi connectivity index (χ1n) is 5.84. The zero-order valence-electron chi connectivity index (χ0n) is 10.1. The van der Waals surface area contributed by atoms with Crippen LogP contribution in [0.1, 0.15) is 6.92 Å². The molecule has 6 nitrogen and oxygen atoms in total. The second kappa shape index (κ2) is 5.97. The van der Waals surface area contributed by atoms with Crippen molar-refractivity contribution >= 4 is 23.4 Å². The highest BCUT2D eigenvalue weighted by molar-refractivity contribution is 6.29. The van der Waals surface area contributed by atoms with Crippen LogP contribution in [0.5, 0.6) is 0 Å². The third-order valence-electron chi connectivity index (χ3n) is 2.69. The number of esters is 1. The van der Waals surface area contributed by atoms with Crippen molar-refractivity contribution in [3.05, 3.63) is 17.5 Å². The van der Waals surface area contributed by atoms with Gasteiger partial charge in [0.15, 0.2) is 0 Å². The van der Waals surface area contributed by atoms with E-state index in [2.05, 4.69) is 15.3 Å². The molecule has 1 fully saturated rings. The predicted octanol–water partition coefficient (Wildman–Crippen LogP) is 0.471. The number of ether oxygens (including phenoxy) is 1. The van der Waals surface area contributed by atoms with Crippen LogP contribution in [0.3, 0.4) is 0 Å². The number of hydrogen-bond donors (Lipinski definition) is 1. The molecule has 0 amide bonds. The van der Waals surface area contributed by atoms with E-state index in [0.717, 1.165) is 6.54 Å². The number of piperazine rings is 1. The van der Waals surface area contributed by atoms with E-state index in [4.69, 9.17) is 16.3 Å². The first-order chi connectivity index (χ1) is 8.72. The van der Waals surface area contributed by atoms with Crippen molar-refractivity contribution in [3.8, 4) is 0 Å². The van der Waals surface area contributed by atoms with E-state index >= 15 is 0 Å². The second-order valence-electron chi connectivity index (χ2n) is 3.87. The van der Waals surface area contributed by atoms with Crippen LogP contribution in [0.4, 0.5) is 5.82 Å². The van der Waals surface area contributed by atoms with Crippen LogP contribution in [-0.2, 0) is 9.53 Å². The summed E-state index contributed by atoms with van der Waals surface area (Å²) in [6.07, 6.45) is 3.07. The number of hydrogen-bond acceptors (Lipinski definition) is 6. The van der Waals surface area contributed by atoms with Gasteiger partial charge in [0.2, 0.25) is 0 Å². The molecule has 2 rings (SSSR count). The molecule has 0 saturated carbocycles. The molecule has 1 aromatic heterocycles. The largest absolute Gasteiger partial charge is 0.464 e. The van der Waals surface area contributed by atoms with Crippen LogP contribution in [0.15, 0.2) is 12.4 Å². The fraction of sp³-hybridized carbons (Fsp3) is 0.545. The highest BCUT2D eigenvalue weighted by atomic mass is 35.5. The Labute approximate surface area is 110 Å². The lowest BCUT2D eigenvalue weighted by molar-refractivity contribution is -0.144. The minimum Gasteiger partial charge on any atom is -0.464 e. The molecule has 0 aromatic carbocycles. The summed E-state index contributed by atoms with van der Waals surface area (Å²) < 4.78 is 5.06. The SMILES string of the molecule is CCOC(=O)C1CNCCN1c1cncc(Cl)n1. The topological polar surface area (TPSA) is 67.3 Å². The average Bonchev–Trinajstić information content (AvgIpc) is 2.39. The van der Waals surface area contributed by atoms with Crippen molar-refractivity contribution < 1.29 is 9.53 Å². The van der Waals surface area contributed by atoms with Gasteiger partial charge in [-0.3, -0.25) is 4.98 Å². The van der Waals surface area contributed by atoms with Gasteiger partial charge in [-0.15, -0.1) is 0 Å². The van der Waals surface area contributed by atoms with E-state index in [-0.39, 0.29) is 12.0 Å². The standard InChI is InChI=1S/C11H15ClN4O2/c1-2-18-11(17)8-5-13-3-4-16(8)10-7-14-6-9(12)15-10/h6-8,13H,2-5H2,1H3. The summed E-state index contributed by atoms with van der Waals surface area (Å²) in [6, 6.07) is -0.383. The molecule has 0 aliphatic carbocycles. The monoisotopic (exact) mass is 270 g/mol.